The minimum absolute atomic E-state index is 0.0357. The predicted octanol–water partition coefficient (Wildman–Crippen LogP) is 2.65. The van der Waals surface area contributed by atoms with Crippen LogP contribution in [-0.4, -0.2) is 23.8 Å². The number of piperidine rings is 1. The topological polar surface area (TPSA) is 50.5 Å². The smallest absolute Gasteiger partial charge is 0.336 e. The zero-order valence-corrected chi connectivity index (χ0v) is 12.2. The summed E-state index contributed by atoms with van der Waals surface area (Å²) in [7, 11) is 0. The predicted molar refractivity (Wildman–Crippen MR) is 81.3 cm³/mol. The van der Waals surface area contributed by atoms with E-state index in [1.807, 2.05) is 25.1 Å². The molecule has 1 aliphatic rings. The second-order valence-electron chi connectivity index (χ2n) is 5.76. The SMILES string of the molecule is Cc1ccc2c(CN3CCCCC3C=O)cc(=O)oc2c1. The maximum Gasteiger partial charge on any atom is 0.336 e. The van der Waals surface area contributed by atoms with Crippen molar-refractivity contribution in [2.24, 2.45) is 0 Å². The van der Waals surface area contributed by atoms with E-state index < -0.39 is 0 Å². The van der Waals surface area contributed by atoms with Crippen molar-refractivity contribution in [1.82, 2.24) is 4.90 Å². The number of carbonyl (C=O) groups is 1. The molecule has 1 aromatic heterocycles. The normalized spacial score (nSPS) is 19.8. The van der Waals surface area contributed by atoms with E-state index in [1.165, 1.54) is 0 Å². The van der Waals surface area contributed by atoms with E-state index in [4.69, 9.17) is 4.42 Å². The van der Waals surface area contributed by atoms with E-state index in [1.54, 1.807) is 6.07 Å². The third-order valence-electron chi connectivity index (χ3n) is 4.18. The van der Waals surface area contributed by atoms with Crippen molar-refractivity contribution in [1.29, 1.82) is 0 Å². The van der Waals surface area contributed by atoms with Gasteiger partial charge in [0.25, 0.3) is 0 Å². The highest BCUT2D eigenvalue weighted by molar-refractivity contribution is 5.80. The third kappa shape index (κ3) is 2.90. The molecule has 1 atom stereocenters. The lowest BCUT2D eigenvalue weighted by molar-refractivity contribution is -0.113. The Kier molecular flexibility index (Phi) is 3.88. The lowest BCUT2D eigenvalue weighted by atomic mass is 10.0. The van der Waals surface area contributed by atoms with Gasteiger partial charge in [-0.25, -0.2) is 4.79 Å². The summed E-state index contributed by atoms with van der Waals surface area (Å²) < 4.78 is 5.28. The van der Waals surface area contributed by atoms with Crippen molar-refractivity contribution >= 4 is 17.3 Å². The molecule has 0 spiro atoms. The van der Waals surface area contributed by atoms with Crippen LogP contribution in [0.5, 0.6) is 0 Å². The third-order valence-corrected chi connectivity index (χ3v) is 4.18. The number of benzene rings is 1. The summed E-state index contributed by atoms with van der Waals surface area (Å²) in [6, 6.07) is 7.40. The quantitative estimate of drug-likeness (QED) is 0.642. The number of aryl methyl sites for hydroxylation is 1. The van der Waals surface area contributed by atoms with Crippen molar-refractivity contribution in [3.05, 3.63) is 45.8 Å². The fourth-order valence-corrected chi connectivity index (χ4v) is 3.05. The number of rotatable bonds is 3. The standard InChI is InChI=1S/C17H19NO3/c1-12-5-6-15-13(9-17(20)21-16(15)8-12)10-18-7-3-2-4-14(18)11-19/h5-6,8-9,11,14H,2-4,7,10H2,1H3. The van der Waals surface area contributed by atoms with E-state index >= 15 is 0 Å². The van der Waals surface area contributed by atoms with Crippen molar-refractivity contribution in [2.45, 2.75) is 38.8 Å². The second-order valence-corrected chi connectivity index (χ2v) is 5.76. The van der Waals surface area contributed by atoms with Crippen LogP contribution >= 0.6 is 0 Å². The van der Waals surface area contributed by atoms with E-state index in [-0.39, 0.29) is 11.7 Å². The van der Waals surface area contributed by atoms with Crippen LogP contribution in [0.1, 0.15) is 30.4 Å². The molecule has 0 radical (unpaired) electrons. The first-order valence-electron chi connectivity index (χ1n) is 7.40. The molecule has 2 aromatic rings. The van der Waals surface area contributed by atoms with Gasteiger partial charge < -0.3 is 9.21 Å². The van der Waals surface area contributed by atoms with Gasteiger partial charge in [0.15, 0.2) is 0 Å². The van der Waals surface area contributed by atoms with Crippen LogP contribution in [0, 0.1) is 6.92 Å². The monoisotopic (exact) mass is 285 g/mol. The molecule has 110 valence electrons. The van der Waals surface area contributed by atoms with Crippen LogP contribution in [-0.2, 0) is 11.3 Å². The zero-order valence-electron chi connectivity index (χ0n) is 12.2. The molecule has 1 aliphatic heterocycles. The molecule has 1 fully saturated rings. The minimum atomic E-state index is -0.331. The van der Waals surface area contributed by atoms with E-state index in [0.29, 0.717) is 12.1 Å². The summed E-state index contributed by atoms with van der Waals surface area (Å²) in [5.74, 6) is 0. The Morgan fingerprint density at radius 2 is 2.19 bits per heavy atom. The van der Waals surface area contributed by atoms with Crippen LogP contribution in [0.2, 0.25) is 0 Å². The molecule has 21 heavy (non-hydrogen) atoms. The molecule has 0 bridgehead atoms. The van der Waals surface area contributed by atoms with Gasteiger partial charge in [0.05, 0.1) is 6.04 Å². The van der Waals surface area contributed by atoms with Gasteiger partial charge in [-0.2, -0.15) is 0 Å². The fourth-order valence-electron chi connectivity index (χ4n) is 3.05. The first-order valence-corrected chi connectivity index (χ1v) is 7.40. The van der Waals surface area contributed by atoms with Gasteiger partial charge in [0.1, 0.15) is 11.9 Å². The van der Waals surface area contributed by atoms with Crippen molar-refractivity contribution in [3.63, 3.8) is 0 Å². The molecule has 1 unspecified atom stereocenters. The Labute approximate surface area is 123 Å². The Hall–Kier alpha value is -1.94. The number of nitrogens with zero attached hydrogens (tertiary/aromatic N) is 1. The molecule has 0 amide bonds. The van der Waals surface area contributed by atoms with Crippen molar-refractivity contribution in [2.75, 3.05) is 6.54 Å². The molecule has 0 N–H and O–H groups in total. The summed E-state index contributed by atoms with van der Waals surface area (Å²) in [6.07, 6.45) is 4.12. The molecule has 1 aromatic carbocycles. The Morgan fingerprint density at radius 3 is 3.00 bits per heavy atom. The Bertz CT molecular complexity index is 720. The average Bonchev–Trinajstić information content (AvgIpc) is 2.47. The van der Waals surface area contributed by atoms with E-state index in [2.05, 4.69) is 4.90 Å². The van der Waals surface area contributed by atoms with Crippen LogP contribution in [0.15, 0.2) is 33.5 Å². The summed E-state index contributed by atoms with van der Waals surface area (Å²) in [4.78, 5) is 25.1. The van der Waals surface area contributed by atoms with Crippen LogP contribution in [0.3, 0.4) is 0 Å². The molecular weight excluding hydrogens is 266 g/mol. The highest BCUT2D eigenvalue weighted by Gasteiger charge is 2.22. The summed E-state index contributed by atoms with van der Waals surface area (Å²) >= 11 is 0. The average molecular weight is 285 g/mol. The van der Waals surface area contributed by atoms with Gasteiger partial charge in [-0.1, -0.05) is 18.6 Å². The Morgan fingerprint density at radius 1 is 1.33 bits per heavy atom. The molecule has 3 rings (SSSR count). The summed E-state index contributed by atoms with van der Waals surface area (Å²) in [5, 5.41) is 0.954. The first kappa shape index (κ1) is 14.0. The molecule has 0 saturated carbocycles. The lowest BCUT2D eigenvalue weighted by Gasteiger charge is -2.32. The largest absolute Gasteiger partial charge is 0.423 e. The van der Waals surface area contributed by atoms with Gasteiger partial charge in [-0.3, -0.25) is 4.90 Å². The van der Waals surface area contributed by atoms with Crippen molar-refractivity contribution in [3.8, 4) is 0 Å². The summed E-state index contributed by atoms with van der Waals surface area (Å²) in [6.45, 7) is 3.49. The van der Waals surface area contributed by atoms with E-state index in [0.717, 1.165) is 48.6 Å². The second kappa shape index (κ2) is 5.82. The number of likely N-dealkylation sites (tertiary alicyclic amines) is 1. The maximum absolute atomic E-state index is 11.8. The van der Waals surface area contributed by atoms with Gasteiger partial charge in [0.2, 0.25) is 0 Å². The number of carbonyl (C=O) groups excluding carboxylic acids is 1. The zero-order chi connectivity index (χ0) is 14.8. The van der Waals surface area contributed by atoms with Gasteiger partial charge in [-0.15, -0.1) is 0 Å². The molecule has 0 aliphatic carbocycles. The molecule has 4 nitrogen and oxygen atoms in total. The van der Waals surface area contributed by atoms with Crippen LogP contribution < -0.4 is 5.63 Å². The van der Waals surface area contributed by atoms with Crippen LogP contribution in [0.25, 0.3) is 11.0 Å². The fraction of sp³-hybridized carbons (Fsp3) is 0.412. The summed E-state index contributed by atoms with van der Waals surface area (Å²) in [5.41, 5.74) is 2.29. The van der Waals surface area contributed by atoms with Crippen LogP contribution in [0.4, 0.5) is 0 Å². The molecule has 2 heterocycles. The number of hydrogen-bond donors (Lipinski definition) is 0. The van der Waals surface area contributed by atoms with Crippen molar-refractivity contribution < 1.29 is 9.21 Å². The minimum Gasteiger partial charge on any atom is -0.423 e. The van der Waals surface area contributed by atoms with Gasteiger partial charge in [0, 0.05) is 18.0 Å². The lowest BCUT2D eigenvalue weighted by Crippen LogP contribution is -2.40. The highest BCUT2D eigenvalue weighted by Crippen LogP contribution is 2.23. The number of hydrogen-bond acceptors (Lipinski definition) is 4. The van der Waals surface area contributed by atoms with Gasteiger partial charge in [-0.05, 0) is 43.5 Å². The van der Waals surface area contributed by atoms with Gasteiger partial charge >= 0.3 is 5.63 Å². The molecule has 4 heteroatoms. The van der Waals surface area contributed by atoms with E-state index in [9.17, 15) is 9.59 Å². The number of aldehydes is 1. The molecule has 1 saturated heterocycles. The Balaban J connectivity index is 1.99. The highest BCUT2D eigenvalue weighted by atomic mass is 16.4. The number of fused-ring (bicyclic) bond motifs is 1. The molecular formula is C17H19NO3. The maximum atomic E-state index is 11.8. The first-order chi connectivity index (χ1) is 10.2.